The number of carbonyl (C=O) groups excluding carboxylic acids is 2. The third-order valence-electron chi connectivity index (χ3n) is 3.34. The van der Waals surface area contributed by atoms with Crippen LogP contribution >= 0.6 is 0 Å². The van der Waals surface area contributed by atoms with Crippen LogP contribution in [0.5, 0.6) is 0 Å². The van der Waals surface area contributed by atoms with Gasteiger partial charge in [0, 0.05) is 20.3 Å². The van der Waals surface area contributed by atoms with Crippen molar-refractivity contribution < 1.29 is 24.3 Å². The number of hydrogen-bond acceptors (Lipinski definition) is 5. The number of aryl methyl sites for hydroxylation is 2. The monoisotopic (exact) mass is 306 g/mol. The molecule has 1 heterocycles. The standard InChI is InChI=1S/C15H18N2O5/c1-9-6-12(4-5-14(20)21)7-13-8-16(22-11(3)19)17(10(2)18)15(9)13/h6-7H,4-5,8H2,1-3H3,(H,20,21). The molecule has 1 aliphatic rings. The fraction of sp³-hybridized carbons (Fsp3) is 0.400. The van der Waals surface area contributed by atoms with Gasteiger partial charge in [0.25, 0.3) is 0 Å². The third-order valence-corrected chi connectivity index (χ3v) is 3.34. The number of fused-ring (bicyclic) bond motifs is 1. The zero-order chi connectivity index (χ0) is 16.4. The highest BCUT2D eigenvalue weighted by Crippen LogP contribution is 2.36. The van der Waals surface area contributed by atoms with Crippen molar-refractivity contribution in [1.29, 1.82) is 0 Å². The highest BCUT2D eigenvalue weighted by molar-refractivity contribution is 5.93. The van der Waals surface area contributed by atoms with Crippen LogP contribution in [0.1, 0.15) is 37.0 Å². The van der Waals surface area contributed by atoms with Gasteiger partial charge in [-0.05, 0) is 35.2 Å². The summed E-state index contributed by atoms with van der Waals surface area (Å²) in [4.78, 5) is 38.8. The molecule has 7 nitrogen and oxygen atoms in total. The fourth-order valence-corrected chi connectivity index (χ4v) is 2.62. The molecule has 0 atom stereocenters. The number of hydrogen-bond donors (Lipinski definition) is 1. The van der Waals surface area contributed by atoms with Crippen molar-refractivity contribution in [3.8, 4) is 0 Å². The lowest BCUT2D eigenvalue weighted by Gasteiger charge is -2.25. The van der Waals surface area contributed by atoms with Gasteiger partial charge < -0.3 is 9.94 Å². The Morgan fingerprint density at radius 3 is 2.50 bits per heavy atom. The maximum absolute atomic E-state index is 11.9. The van der Waals surface area contributed by atoms with Crippen LogP contribution in [0.15, 0.2) is 12.1 Å². The number of anilines is 1. The van der Waals surface area contributed by atoms with E-state index in [1.54, 1.807) is 0 Å². The van der Waals surface area contributed by atoms with E-state index in [-0.39, 0.29) is 18.9 Å². The molecular formula is C15H18N2O5. The van der Waals surface area contributed by atoms with Crippen molar-refractivity contribution >= 4 is 23.5 Å². The van der Waals surface area contributed by atoms with E-state index in [0.717, 1.165) is 16.7 Å². The molecule has 1 N–H and O–H groups in total. The van der Waals surface area contributed by atoms with Crippen molar-refractivity contribution in [2.45, 2.75) is 40.2 Å². The Morgan fingerprint density at radius 1 is 1.27 bits per heavy atom. The zero-order valence-electron chi connectivity index (χ0n) is 12.8. The number of carboxylic acids is 1. The highest BCUT2D eigenvalue weighted by atomic mass is 16.7. The minimum absolute atomic E-state index is 0.0440. The van der Waals surface area contributed by atoms with Gasteiger partial charge in [0.1, 0.15) is 0 Å². The van der Waals surface area contributed by atoms with Gasteiger partial charge in [0.15, 0.2) is 0 Å². The van der Waals surface area contributed by atoms with Crippen LogP contribution in [-0.2, 0) is 32.2 Å². The second kappa shape index (κ2) is 6.15. The molecule has 0 bridgehead atoms. The number of nitrogens with zero attached hydrogens (tertiary/aromatic N) is 2. The molecule has 0 unspecified atom stereocenters. The van der Waals surface area contributed by atoms with Crippen molar-refractivity contribution in [3.63, 3.8) is 0 Å². The molecule has 0 fully saturated rings. The van der Waals surface area contributed by atoms with Gasteiger partial charge in [0.05, 0.1) is 12.2 Å². The first-order valence-electron chi connectivity index (χ1n) is 6.90. The number of carbonyl (C=O) groups is 3. The molecule has 1 aliphatic heterocycles. The minimum atomic E-state index is -0.856. The van der Waals surface area contributed by atoms with E-state index in [9.17, 15) is 14.4 Å². The molecule has 1 aromatic rings. The second-order valence-corrected chi connectivity index (χ2v) is 5.24. The molecule has 118 valence electrons. The molecule has 1 amide bonds. The average molecular weight is 306 g/mol. The van der Waals surface area contributed by atoms with Gasteiger partial charge in [-0.3, -0.25) is 14.4 Å². The van der Waals surface area contributed by atoms with Gasteiger partial charge in [-0.2, -0.15) is 0 Å². The molecule has 0 aliphatic carbocycles. The van der Waals surface area contributed by atoms with Crippen molar-refractivity contribution in [1.82, 2.24) is 5.17 Å². The van der Waals surface area contributed by atoms with Crippen LogP contribution in [-0.4, -0.2) is 28.1 Å². The van der Waals surface area contributed by atoms with Gasteiger partial charge in [-0.1, -0.05) is 12.1 Å². The highest BCUT2D eigenvalue weighted by Gasteiger charge is 2.34. The van der Waals surface area contributed by atoms with Gasteiger partial charge in [-0.25, -0.2) is 5.01 Å². The largest absolute Gasteiger partial charge is 0.481 e. The first-order chi connectivity index (χ1) is 10.3. The smallest absolute Gasteiger partial charge is 0.324 e. The maximum atomic E-state index is 11.9. The molecule has 0 saturated heterocycles. The number of benzene rings is 1. The van der Waals surface area contributed by atoms with Crippen LogP contribution < -0.4 is 5.01 Å². The van der Waals surface area contributed by atoms with Crippen LogP contribution in [0.4, 0.5) is 5.69 Å². The Hall–Kier alpha value is -2.41. The third kappa shape index (κ3) is 3.25. The number of aliphatic carboxylic acids is 1. The van der Waals surface area contributed by atoms with Crippen LogP contribution in [0, 0.1) is 6.92 Å². The van der Waals surface area contributed by atoms with Crippen LogP contribution in [0.2, 0.25) is 0 Å². The molecule has 0 aromatic heterocycles. The number of rotatable bonds is 4. The number of hydroxylamine groups is 1. The van der Waals surface area contributed by atoms with E-state index in [1.165, 1.54) is 24.0 Å². The Morgan fingerprint density at radius 2 is 1.95 bits per heavy atom. The molecule has 0 spiro atoms. The predicted molar refractivity (Wildman–Crippen MR) is 77.6 cm³/mol. The van der Waals surface area contributed by atoms with Gasteiger partial charge >= 0.3 is 11.9 Å². The number of amides is 1. The summed E-state index contributed by atoms with van der Waals surface area (Å²) >= 11 is 0. The second-order valence-electron chi connectivity index (χ2n) is 5.24. The zero-order valence-corrected chi connectivity index (χ0v) is 12.8. The molecule has 2 rings (SSSR count). The summed E-state index contributed by atoms with van der Waals surface area (Å²) in [6.07, 6.45) is 0.458. The van der Waals surface area contributed by atoms with E-state index in [2.05, 4.69) is 0 Å². The molecule has 22 heavy (non-hydrogen) atoms. The van der Waals surface area contributed by atoms with Crippen molar-refractivity contribution in [3.05, 3.63) is 28.8 Å². The Balaban J connectivity index is 2.35. The lowest BCUT2D eigenvalue weighted by atomic mass is 10.0. The summed E-state index contributed by atoms with van der Waals surface area (Å²) in [6, 6.07) is 3.71. The van der Waals surface area contributed by atoms with Crippen molar-refractivity contribution in [2.24, 2.45) is 0 Å². The summed E-state index contributed by atoms with van der Waals surface area (Å²) in [5.74, 6) is -1.63. The minimum Gasteiger partial charge on any atom is -0.481 e. The SMILES string of the molecule is CC(=O)ON1Cc2cc(CCC(=O)O)cc(C)c2N1C(C)=O. The summed E-state index contributed by atoms with van der Waals surface area (Å²) in [5.41, 5.74) is 3.24. The Labute approximate surface area is 128 Å². The lowest BCUT2D eigenvalue weighted by Crippen LogP contribution is -2.42. The van der Waals surface area contributed by atoms with Gasteiger partial charge in [0.2, 0.25) is 5.91 Å². The Bertz CT molecular complexity index is 641. The summed E-state index contributed by atoms with van der Waals surface area (Å²) in [6.45, 7) is 4.77. The normalized spacial score (nSPS) is 13.9. The number of hydrazine groups is 1. The van der Waals surface area contributed by atoms with Gasteiger partial charge in [-0.15, -0.1) is 0 Å². The van der Waals surface area contributed by atoms with Crippen molar-refractivity contribution in [2.75, 3.05) is 5.01 Å². The maximum Gasteiger partial charge on any atom is 0.324 e. The molecular weight excluding hydrogens is 288 g/mol. The van der Waals surface area contributed by atoms with Crippen LogP contribution in [0.25, 0.3) is 0 Å². The predicted octanol–water partition coefficient (Wildman–Crippen LogP) is 1.57. The van der Waals surface area contributed by atoms with Crippen LogP contribution in [0.3, 0.4) is 0 Å². The Kier molecular flexibility index (Phi) is 4.46. The fourth-order valence-electron chi connectivity index (χ4n) is 2.62. The van der Waals surface area contributed by atoms with E-state index in [4.69, 9.17) is 9.94 Å². The summed E-state index contributed by atoms with van der Waals surface area (Å²) < 4.78 is 0. The quantitative estimate of drug-likeness (QED) is 0.908. The lowest BCUT2D eigenvalue weighted by molar-refractivity contribution is -0.192. The summed E-state index contributed by atoms with van der Waals surface area (Å²) in [5, 5.41) is 11.3. The molecule has 7 heteroatoms. The van der Waals surface area contributed by atoms with E-state index in [1.807, 2.05) is 19.1 Å². The average Bonchev–Trinajstić information content (AvgIpc) is 2.74. The molecule has 1 aromatic carbocycles. The molecule has 0 saturated carbocycles. The van der Waals surface area contributed by atoms with E-state index >= 15 is 0 Å². The summed E-state index contributed by atoms with van der Waals surface area (Å²) in [7, 11) is 0. The van der Waals surface area contributed by atoms with E-state index in [0.29, 0.717) is 12.1 Å². The first-order valence-corrected chi connectivity index (χ1v) is 6.90. The molecule has 0 radical (unpaired) electrons. The first kappa shape index (κ1) is 16.0. The number of carboxylic acid groups (broad SMARTS) is 1. The van der Waals surface area contributed by atoms with E-state index < -0.39 is 11.9 Å². The topological polar surface area (TPSA) is 87.2 Å².